The number of carbonyl (C=O) groups is 1. The lowest BCUT2D eigenvalue weighted by molar-refractivity contribution is 0.0951. The molecule has 0 fully saturated rings. The molecule has 0 spiro atoms. The van der Waals surface area contributed by atoms with Gasteiger partial charge in [0.1, 0.15) is 11.0 Å². The number of nitrogens with zero attached hydrogens (tertiary/aromatic N) is 2. The molecule has 0 atom stereocenters. The van der Waals surface area contributed by atoms with Crippen molar-refractivity contribution in [2.24, 2.45) is 0 Å². The molecule has 0 bridgehead atoms. The van der Waals surface area contributed by atoms with Crippen molar-refractivity contribution in [3.05, 3.63) is 40.8 Å². The van der Waals surface area contributed by atoms with Gasteiger partial charge in [-0.15, -0.1) is 0 Å². The molecule has 0 unspecified atom stereocenters. The molecule has 3 N–H and O–H groups in total. The van der Waals surface area contributed by atoms with Crippen LogP contribution in [-0.4, -0.2) is 27.6 Å². The third kappa shape index (κ3) is 3.96. The Bertz CT molecular complexity index is 570. The van der Waals surface area contributed by atoms with Gasteiger partial charge in [-0.05, 0) is 18.6 Å². The maximum atomic E-state index is 12.1. The molecule has 1 amide bonds. The molecule has 0 aliphatic carbocycles. The van der Waals surface area contributed by atoms with Crippen LogP contribution in [0.1, 0.15) is 29.3 Å². The number of nitrogens with one attached hydrogen (secondary N) is 3. The second-order valence-electron chi connectivity index (χ2n) is 4.28. The highest BCUT2D eigenvalue weighted by atomic mass is 35.5. The van der Waals surface area contributed by atoms with Crippen molar-refractivity contribution in [3.63, 3.8) is 0 Å². The molecular formula is C13H16ClN5O. The van der Waals surface area contributed by atoms with Crippen LogP contribution in [0, 0.1) is 0 Å². The van der Waals surface area contributed by atoms with Gasteiger partial charge in [0.05, 0.1) is 6.20 Å². The fourth-order valence-electron chi connectivity index (χ4n) is 1.63. The Labute approximate surface area is 121 Å². The number of amides is 1. The smallest absolute Gasteiger partial charge is 0.251 e. The lowest BCUT2D eigenvalue weighted by Gasteiger charge is -2.08. The Morgan fingerprint density at radius 2 is 2.30 bits per heavy atom. The number of halogens is 1. The van der Waals surface area contributed by atoms with Gasteiger partial charge in [-0.2, -0.15) is 5.10 Å². The fraction of sp³-hybridized carbons (Fsp3) is 0.308. The first-order valence-corrected chi connectivity index (χ1v) is 6.74. The van der Waals surface area contributed by atoms with E-state index in [9.17, 15) is 4.79 Å². The Kier molecular flexibility index (Phi) is 4.95. The number of pyridine rings is 1. The molecule has 20 heavy (non-hydrogen) atoms. The summed E-state index contributed by atoms with van der Waals surface area (Å²) in [4.78, 5) is 16.2. The van der Waals surface area contributed by atoms with E-state index < -0.39 is 0 Å². The third-order valence-corrected chi connectivity index (χ3v) is 2.81. The van der Waals surface area contributed by atoms with Gasteiger partial charge in [0.25, 0.3) is 5.91 Å². The Morgan fingerprint density at radius 1 is 1.45 bits per heavy atom. The third-order valence-electron chi connectivity index (χ3n) is 2.62. The Morgan fingerprint density at radius 3 is 3.00 bits per heavy atom. The zero-order valence-corrected chi connectivity index (χ0v) is 11.9. The highest BCUT2D eigenvalue weighted by molar-refractivity contribution is 6.29. The van der Waals surface area contributed by atoms with E-state index in [-0.39, 0.29) is 5.91 Å². The van der Waals surface area contributed by atoms with Crippen LogP contribution in [0.5, 0.6) is 0 Å². The molecule has 2 aromatic heterocycles. The molecule has 106 valence electrons. The highest BCUT2D eigenvalue weighted by Gasteiger charge is 2.09. The van der Waals surface area contributed by atoms with Crippen LogP contribution in [0.25, 0.3) is 0 Å². The number of carbonyl (C=O) groups excluding carboxylic acids is 1. The monoisotopic (exact) mass is 293 g/mol. The number of hydrogen-bond donors (Lipinski definition) is 3. The van der Waals surface area contributed by atoms with E-state index in [2.05, 4.69) is 32.7 Å². The van der Waals surface area contributed by atoms with Gasteiger partial charge in [-0.25, -0.2) is 4.98 Å². The largest absolute Gasteiger partial charge is 0.370 e. The minimum absolute atomic E-state index is 0.199. The van der Waals surface area contributed by atoms with E-state index >= 15 is 0 Å². The molecular weight excluding hydrogens is 278 g/mol. The molecule has 0 aromatic carbocycles. The van der Waals surface area contributed by atoms with Gasteiger partial charge in [0.15, 0.2) is 0 Å². The fourth-order valence-corrected chi connectivity index (χ4v) is 1.84. The summed E-state index contributed by atoms with van der Waals surface area (Å²) in [7, 11) is 0. The van der Waals surface area contributed by atoms with Crippen molar-refractivity contribution in [2.75, 3.05) is 11.9 Å². The predicted octanol–water partition coefficient (Wildman–Crippen LogP) is 2.21. The van der Waals surface area contributed by atoms with Crippen molar-refractivity contribution in [2.45, 2.75) is 19.9 Å². The van der Waals surface area contributed by atoms with Crippen molar-refractivity contribution in [3.8, 4) is 0 Å². The van der Waals surface area contributed by atoms with E-state index in [1.54, 1.807) is 24.5 Å². The van der Waals surface area contributed by atoms with Gasteiger partial charge in [-0.1, -0.05) is 18.5 Å². The molecule has 0 radical (unpaired) electrons. The van der Waals surface area contributed by atoms with E-state index in [0.29, 0.717) is 23.1 Å². The van der Waals surface area contributed by atoms with Crippen LogP contribution >= 0.6 is 11.6 Å². The Hall–Kier alpha value is -2.08. The first kappa shape index (κ1) is 14.3. The normalized spacial score (nSPS) is 10.3. The topological polar surface area (TPSA) is 82.7 Å². The van der Waals surface area contributed by atoms with Crippen molar-refractivity contribution < 1.29 is 4.79 Å². The lowest BCUT2D eigenvalue weighted by Crippen LogP contribution is -2.23. The molecule has 0 aliphatic rings. The summed E-state index contributed by atoms with van der Waals surface area (Å²) in [6, 6.07) is 3.23. The number of H-pyrrole nitrogens is 1. The van der Waals surface area contributed by atoms with Crippen LogP contribution in [0.15, 0.2) is 24.5 Å². The number of aromatic nitrogens is 3. The molecule has 6 nitrogen and oxygen atoms in total. The first-order chi connectivity index (χ1) is 9.69. The molecule has 7 heteroatoms. The standard InChI is InChI=1S/C13H16ClN5O/c1-2-3-15-12-5-10(4-11(14)19-12)13(20)16-6-9-7-17-18-8-9/h4-5,7-8H,2-3,6H2,1H3,(H,15,19)(H,16,20)(H,17,18). The average Bonchev–Trinajstić information content (AvgIpc) is 2.95. The molecule has 0 aliphatic heterocycles. The summed E-state index contributed by atoms with van der Waals surface area (Å²) in [6.45, 7) is 3.24. The summed E-state index contributed by atoms with van der Waals surface area (Å²) in [5.41, 5.74) is 1.38. The SMILES string of the molecule is CCCNc1cc(C(=O)NCc2cn[nH]c2)cc(Cl)n1. The van der Waals surface area contributed by atoms with Crippen molar-refractivity contribution in [1.29, 1.82) is 0 Å². The van der Waals surface area contributed by atoms with Gasteiger partial charge >= 0.3 is 0 Å². The second kappa shape index (κ2) is 6.91. The van der Waals surface area contributed by atoms with Crippen molar-refractivity contribution in [1.82, 2.24) is 20.5 Å². The summed E-state index contributed by atoms with van der Waals surface area (Å²) in [6.07, 6.45) is 4.36. The average molecular weight is 294 g/mol. The quantitative estimate of drug-likeness (QED) is 0.713. The number of anilines is 1. The van der Waals surface area contributed by atoms with Crippen LogP contribution in [0.4, 0.5) is 5.82 Å². The molecule has 0 saturated carbocycles. The number of rotatable bonds is 6. The first-order valence-electron chi connectivity index (χ1n) is 6.36. The van der Waals surface area contributed by atoms with Gasteiger partial charge in [0, 0.05) is 30.4 Å². The maximum Gasteiger partial charge on any atom is 0.251 e. The minimum Gasteiger partial charge on any atom is -0.370 e. The molecule has 0 saturated heterocycles. The number of hydrogen-bond acceptors (Lipinski definition) is 4. The maximum absolute atomic E-state index is 12.1. The van der Waals surface area contributed by atoms with Crippen LogP contribution in [-0.2, 0) is 6.54 Å². The molecule has 2 aromatic rings. The van der Waals surface area contributed by atoms with Crippen molar-refractivity contribution >= 4 is 23.3 Å². The zero-order valence-electron chi connectivity index (χ0n) is 11.1. The van der Waals surface area contributed by atoms with E-state index in [1.165, 1.54) is 0 Å². The summed E-state index contributed by atoms with van der Waals surface area (Å²) in [5, 5.41) is 12.7. The van der Waals surface area contributed by atoms with Crippen LogP contribution < -0.4 is 10.6 Å². The minimum atomic E-state index is -0.199. The lowest BCUT2D eigenvalue weighted by atomic mass is 10.2. The predicted molar refractivity (Wildman–Crippen MR) is 77.8 cm³/mol. The van der Waals surface area contributed by atoms with E-state index in [4.69, 9.17) is 11.6 Å². The number of aromatic amines is 1. The van der Waals surface area contributed by atoms with E-state index in [0.717, 1.165) is 18.5 Å². The van der Waals surface area contributed by atoms with Crippen LogP contribution in [0.3, 0.4) is 0 Å². The van der Waals surface area contributed by atoms with Gasteiger partial charge in [0.2, 0.25) is 0 Å². The van der Waals surface area contributed by atoms with Gasteiger partial charge < -0.3 is 10.6 Å². The summed E-state index contributed by atoms with van der Waals surface area (Å²) < 4.78 is 0. The van der Waals surface area contributed by atoms with Crippen LogP contribution in [0.2, 0.25) is 5.15 Å². The molecule has 2 rings (SSSR count). The summed E-state index contributed by atoms with van der Waals surface area (Å²) >= 11 is 5.93. The highest BCUT2D eigenvalue weighted by Crippen LogP contribution is 2.14. The molecule has 2 heterocycles. The van der Waals surface area contributed by atoms with E-state index in [1.807, 2.05) is 0 Å². The zero-order chi connectivity index (χ0) is 14.4. The van der Waals surface area contributed by atoms with Gasteiger partial charge in [-0.3, -0.25) is 9.89 Å². The Balaban J connectivity index is 2.02. The second-order valence-corrected chi connectivity index (χ2v) is 4.67. The summed E-state index contributed by atoms with van der Waals surface area (Å²) in [5.74, 6) is 0.405.